The minimum absolute atomic E-state index is 0.207. The second-order valence-electron chi connectivity index (χ2n) is 2.89. The smallest absolute Gasteiger partial charge is 0.310 e. The number of benzene rings is 1. The molecule has 0 unspecified atom stereocenters. The average molecular weight is 211 g/mol. The van der Waals surface area contributed by atoms with Crippen molar-refractivity contribution in [2.45, 2.75) is 0 Å². The summed E-state index contributed by atoms with van der Waals surface area (Å²) in [6.07, 6.45) is 2.62. The van der Waals surface area contributed by atoms with Gasteiger partial charge in [0.1, 0.15) is 11.9 Å². The first kappa shape index (κ1) is 9.75. The summed E-state index contributed by atoms with van der Waals surface area (Å²) in [5.74, 6) is 0.575. The van der Waals surface area contributed by atoms with E-state index in [-0.39, 0.29) is 5.95 Å². The Morgan fingerprint density at radius 2 is 1.81 bits per heavy atom. The summed E-state index contributed by atoms with van der Waals surface area (Å²) >= 11 is 0. The molecule has 0 bridgehead atoms. The van der Waals surface area contributed by atoms with E-state index in [1.165, 1.54) is 30.8 Å². The molecule has 0 amide bonds. The molecule has 0 aliphatic rings. The number of nitriles is 2. The van der Waals surface area contributed by atoms with E-state index in [4.69, 9.17) is 19.7 Å². The van der Waals surface area contributed by atoms with E-state index in [0.29, 0.717) is 16.9 Å². The van der Waals surface area contributed by atoms with Gasteiger partial charge < -0.3 is 9.15 Å². The number of rotatable bonds is 2. The zero-order valence-corrected chi connectivity index (χ0v) is 8.04. The fourth-order valence-electron chi connectivity index (χ4n) is 1.16. The molecule has 2 aromatic rings. The highest BCUT2D eigenvalue weighted by Crippen LogP contribution is 2.23. The molecule has 5 heteroatoms. The Bertz CT molecular complexity index is 544. The van der Waals surface area contributed by atoms with Gasteiger partial charge in [-0.25, -0.2) is 4.98 Å². The second-order valence-corrected chi connectivity index (χ2v) is 2.89. The van der Waals surface area contributed by atoms with Gasteiger partial charge in [-0.05, 0) is 18.2 Å². The summed E-state index contributed by atoms with van der Waals surface area (Å²) in [5, 5.41) is 17.5. The summed E-state index contributed by atoms with van der Waals surface area (Å²) in [6.45, 7) is 0. The monoisotopic (exact) mass is 211 g/mol. The Kier molecular flexibility index (Phi) is 2.53. The van der Waals surface area contributed by atoms with Crippen molar-refractivity contribution < 1.29 is 9.15 Å². The van der Waals surface area contributed by atoms with Gasteiger partial charge in [-0.1, -0.05) is 0 Å². The van der Waals surface area contributed by atoms with Crippen molar-refractivity contribution in [2.75, 3.05) is 0 Å². The molecule has 16 heavy (non-hydrogen) atoms. The van der Waals surface area contributed by atoms with Crippen LogP contribution in [-0.4, -0.2) is 4.98 Å². The third-order valence-electron chi connectivity index (χ3n) is 1.79. The summed E-state index contributed by atoms with van der Waals surface area (Å²) in [4.78, 5) is 3.68. The highest BCUT2D eigenvalue weighted by molar-refractivity contribution is 5.46. The van der Waals surface area contributed by atoms with Crippen LogP contribution in [0.3, 0.4) is 0 Å². The van der Waals surface area contributed by atoms with Crippen LogP contribution in [0.2, 0.25) is 0 Å². The van der Waals surface area contributed by atoms with Crippen LogP contribution in [0.5, 0.6) is 11.7 Å². The minimum Gasteiger partial charge on any atom is -0.425 e. The summed E-state index contributed by atoms with van der Waals surface area (Å²) in [7, 11) is 0. The topological polar surface area (TPSA) is 82.8 Å². The molecule has 1 heterocycles. The van der Waals surface area contributed by atoms with E-state index >= 15 is 0 Å². The van der Waals surface area contributed by atoms with Crippen molar-refractivity contribution in [3.05, 3.63) is 41.9 Å². The van der Waals surface area contributed by atoms with E-state index in [1.54, 1.807) is 0 Å². The predicted molar refractivity (Wildman–Crippen MR) is 52.4 cm³/mol. The molecule has 0 fully saturated rings. The SMILES string of the molecule is N#Cc1cc(C#N)cc(Oc2cnco2)c1. The Labute approximate surface area is 91.1 Å². The predicted octanol–water partition coefficient (Wildman–Crippen LogP) is 2.21. The summed E-state index contributed by atoms with van der Waals surface area (Å²) < 4.78 is 10.2. The molecule has 0 N–H and O–H groups in total. The molecule has 0 aliphatic carbocycles. The fraction of sp³-hybridized carbons (Fsp3) is 0. The molecule has 0 saturated carbocycles. The van der Waals surface area contributed by atoms with Crippen LogP contribution >= 0.6 is 0 Å². The lowest BCUT2D eigenvalue weighted by atomic mass is 10.1. The van der Waals surface area contributed by atoms with Gasteiger partial charge in [-0.2, -0.15) is 10.5 Å². The zero-order valence-electron chi connectivity index (χ0n) is 8.04. The van der Waals surface area contributed by atoms with Gasteiger partial charge in [0.05, 0.1) is 23.3 Å². The molecular formula is C11H5N3O2. The number of hydrogen-bond acceptors (Lipinski definition) is 5. The van der Waals surface area contributed by atoms with Gasteiger partial charge in [0.2, 0.25) is 0 Å². The van der Waals surface area contributed by atoms with Crippen molar-refractivity contribution in [1.29, 1.82) is 10.5 Å². The number of oxazole rings is 1. The van der Waals surface area contributed by atoms with Gasteiger partial charge in [0.15, 0.2) is 6.39 Å². The van der Waals surface area contributed by atoms with Gasteiger partial charge >= 0.3 is 5.95 Å². The first-order chi connectivity index (χ1) is 7.81. The minimum atomic E-state index is 0.207. The van der Waals surface area contributed by atoms with Crippen LogP contribution < -0.4 is 4.74 Å². The van der Waals surface area contributed by atoms with Crippen molar-refractivity contribution in [1.82, 2.24) is 4.98 Å². The molecule has 0 aliphatic heterocycles. The lowest BCUT2D eigenvalue weighted by molar-refractivity contribution is 0.346. The maximum Gasteiger partial charge on any atom is 0.310 e. The van der Waals surface area contributed by atoms with Gasteiger partial charge in [-0.3, -0.25) is 0 Å². The van der Waals surface area contributed by atoms with E-state index in [9.17, 15) is 0 Å². The molecule has 1 aromatic carbocycles. The zero-order chi connectivity index (χ0) is 11.4. The third kappa shape index (κ3) is 1.99. The van der Waals surface area contributed by atoms with Crippen LogP contribution in [0, 0.1) is 22.7 Å². The Hall–Kier alpha value is -2.79. The van der Waals surface area contributed by atoms with E-state index in [2.05, 4.69) is 4.98 Å². The van der Waals surface area contributed by atoms with Crippen molar-refractivity contribution in [2.24, 2.45) is 0 Å². The number of ether oxygens (including phenoxy) is 1. The molecule has 0 spiro atoms. The van der Waals surface area contributed by atoms with E-state index in [0.717, 1.165) is 0 Å². The van der Waals surface area contributed by atoms with Gasteiger partial charge in [0.25, 0.3) is 0 Å². The number of aromatic nitrogens is 1. The highest BCUT2D eigenvalue weighted by Gasteiger charge is 2.04. The molecule has 0 radical (unpaired) electrons. The van der Waals surface area contributed by atoms with Crippen LogP contribution in [0.1, 0.15) is 11.1 Å². The van der Waals surface area contributed by atoms with Gasteiger partial charge in [0, 0.05) is 0 Å². The Balaban J connectivity index is 2.35. The van der Waals surface area contributed by atoms with Crippen molar-refractivity contribution >= 4 is 0 Å². The highest BCUT2D eigenvalue weighted by atomic mass is 16.6. The van der Waals surface area contributed by atoms with Crippen molar-refractivity contribution in [3.63, 3.8) is 0 Å². The second kappa shape index (κ2) is 4.16. The standard InChI is InChI=1S/C11H5N3O2/c12-4-8-1-9(5-13)3-10(2-8)16-11-6-14-7-15-11/h1-3,6-7H. The Morgan fingerprint density at radius 1 is 1.12 bits per heavy atom. The van der Waals surface area contributed by atoms with E-state index in [1.807, 2.05) is 12.1 Å². The summed E-state index contributed by atoms with van der Waals surface area (Å²) in [6, 6.07) is 8.40. The number of hydrogen-bond donors (Lipinski definition) is 0. The maximum absolute atomic E-state index is 8.76. The summed E-state index contributed by atoms with van der Waals surface area (Å²) in [5.41, 5.74) is 0.710. The largest absolute Gasteiger partial charge is 0.425 e. The molecule has 1 aromatic heterocycles. The average Bonchev–Trinajstić information content (AvgIpc) is 2.81. The molecule has 2 rings (SSSR count). The Morgan fingerprint density at radius 3 is 2.31 bits per heavy atom. The van der Waals surface area contributed by atoms with Crippen LogP contribution in [-0.2, 0) is 0 Å². The first-order valence-corrected chi connectivity index (χ1v) is 4.33. The van der Waals surface area contributed by atoms with Crippen LogP contribution in [0.4, 0.5) is 0 Å². The third-order valence-corrected chi connectivity index (χ3v) is 1.79. The van der Waals surface area contributed by atoms with Crippen LogP contribution in [0.25, 0.3) is 0 Å². The van der Waals surface area contributed by atoms with Crippen molar-refractivity contribution in [3.8, 4) is 23.8 Å². The molecular weight excluding hydrogens is 206 g/mol. The lowest BCUT2D eigenvalue weighted by Gasteiger charge is -2.01. The molecule has 76 valence electrons. The molecule has 0 atom stereocenters. The fourth-order valence-corrected chi connectivity index (χ4v) is 1.16. The maximum atomic E-state index is 8.76. The number of nitrogens with zero attached hydrogens (tertiary/aromatic N) is 3. The molecule has 5 nitrogen and oxygen atoms in total. The molecule has 0 saturated heterocycles. The van der Waals surface area contributed by atoms with Crippen LogP contribution in [0.15, 0.2) is 35.2 Å². The normalized spacial score (nSPS) is 9.12. The first-order valence-electron chi connectivity index (χ1n) is 4.33. The van der Waals surface area contributed by atoms with Gasteiger partial charge in [-0.15, -0.1) is 0 Å². The lowest BCUT2D eigenvalue weighted by Crippen LogP contribution is -1.86. The van der Waals surface area contributed by atoms with E-state index < -0.39 is 0 Å². The quantitative estimate of drug-likeness (QED) is 0.760.